The monoisotopic (exact) mass is 428 g/mol. The standard InChI is InChI=1S/C28H32N2O2/c1-5-18-19(6-2)26-25(16-23(18)30)31-24-15-17(29)13-14-22(24)28(26)21-12-10-9-11-20(21)27(7-3,8-4)32-28/h9-16H,5-8,29-30H2,1-4H3. The maximum absolute atomic E-state index is 7.36. The van der Waals surface area contributed by atoms with E-state index in [0.717, 1.165) is 54.0 Å². The van der Waals surface area contributed by atoms with E-state index in [-0.39, 0.29) is 5.60 Å². The minimum Gasteiger partial charge on any atom is -0.456 e. The topological polar surface area (TPSA) is 70.5 Å². The van der Waals surface area contributed by atoms with Gasteiger partial charge in [-0.3, -0.25) is 0 Å². The molecule has 3 aromatic carbocycles. The van der Waals surface area contributed by atoms with E-state index in [4.69, 9.17) is 20.9 Å². The number of benzene rings is 3. The van der Waals surface area contributed by atoms with Crippen LogP contribution in [0.4, 0.5) is 11.4 Å². The highest BCUT2D eigenvalue weighted by Gasteiger charge is 2.58. The largest absolute Gasteiger partial charge is 0.456 e. The Morgan fingerprint density at radius 2 is 1.44 bits per heavy atom. The lowest BCUT2D eigenvalue weighted by atomic mass is 9.73. The smallest absolute Gasteiger partial charge is 0.152 e. The number of rotatable bonds is 4. The second kappa shape index (κ2) is 7.28. The van der Waals surface area contributed by atoms with Crippen molar-refractivity contribution < 1.29 is 9.47 Å². The van der Waals surface area contributed by atoms with Crippen LogP contribution in [0.1, 0.15) is 73.9 Å². The van der Waals surface area contributed by atoms with Crippen LogP contribution in [0.3, 0.4) is 0 Å². The van der Waals surface area contributed by atoms with Crippen molar-refractivity contribution in [3.05, 3.63) is 81.9 Å². The zero-order valence-corrected chi connectivity index (χ0v) is 19.4. The van der Waals surface area contributed by atoms with Crippen LogP contribution in [0.25, 0.3) is 0 Å². The summed E-state index contributed by atoms with van der Waals surface area (Å²) in [5.41, 5.74) is 20.0. The van der Waals surface area contributed by atoms with E-state index in [2.05, 4.69) is 58.0 Å². The van der Waals surface area contributed by atoms with Crippen molar-refractivity contribution in [2.24, 2.45) is 0 Å². The van der Waals surface area contributed by atoms with E-state index < -0.39 is 5.60 Å². The summed E-state index contributed by atoms with van der Waals surface area (Å²) in [5.74, 6) is 1.51. The number of nitrogen functional groups attached to an aromatic ring is 2. The van der Waals surface area contributed by atoms with E-state index in [9.17, 15) is 0 Å². The molecule has 0 aromatic heterocycles. The van der Waals surface area contributed by atoms with E-state index in [1.807, 2.05) is 18.2 Å². The molecule has 32 heavy (non-hydrogen) atoms. The summed E-state index contributed by atoms with van der Waals surface area (Å²) in [6.07, 6.45) is 3.49. The van der Waals surface area contributed by atoms with Crippen LogP contribution in [0, 0.1) is 0 Å². The fourth-order valence-corrected chi connectivity index (χ4v) is 5.97. The molecule has 1 spiro atoms. The normalized spacial score (nSPS) is 19.9. The predicted octanol–water partition coefficient (Wildman–Crippen LogP) is 6.42. The van der Waals surface area contributed by atoms with Crippen molar-refractivity contribution >= 4 is 11.4 Å². The van der Waals surface area contributed by atoms with Crippen LogP contribution in [0.5, 0.6) is 11.5 Å². The van der Waals surface area contributed by atoms with E-state index in [1.54, 1.807) is 0 Å². The van der Waals surface area contributed by atoms with Gasteiger partial charge in [0.1, 0.15) is 11.5 Å². The van der Waals surface area contributed by atoms with Gasteiger partial charge in [-0.1, -0.05) is 52.0 Å². The molecule has 5 rings (SSSR count). The molecule has 4 heteroatoms. The fraction of sp³-hybridized carbons (Fsp3) is 0.357. The second-order valence-electron chi connectivity index (χ2n) is 8.89. The van der Waals surface area contributed by atoms with Crippen LogP contribution >= 0.6 is 0 Å². The lowest BCUT2D eigenvalue weighted by molar-refractivity contribution is -0.111. The molecule has 0 fully saturated rings. The lowest BCUT2D eigenvalue weighted by Crippen LogP contribution is -2.37. The van der Waals surface area contributed by atoms with Gasteiger partial charge in [-0.25, -0.2) is 0 Å². The SMILES string of the molecule is CCc1c(N)cc2c(c1CC)C1(OC(CC)(CC)c3ccccc31)c1ccc(N)cc1O2. The Morgan fingerprint density at radius 1 is 0.750 bits per heavy atom. The Morgan fingerprint density at radius 3 is 2.09 bits per heavy atom. The molecule has 4 nitrogen and oxygen atoms in total. The summed E-state index contributed by atoms with van der Waals surface area (Å²) in [5, 5.41) is 0. The summed E-state index contributed by atoms with van der Waals surface area (Å²) in [7, 11) is 0. The zero-order valence-electron chi connectivity index (χ0n) is 19.4. The number of fused-ring (bicyclic) bond motifs is 6. The lowest BCUT2D eigenvalue weighted by Gasteiger charge is -2.42. The summed E-state index contributed by atoms with van der Waals surface area (Å²) >= 11 is 0. The molecule has 1 atom stereocenters. The second-order valence-corrected chi connectivity index (χ2v) is 8.89. The molecule has 3 aromatic rings. The molecule has 166 valence electrons. The van der Waals surface area contributed by atoms with Gasteiger partial charge in [0.05, 0.1) is 5.60 Å². The van der Waals surface area contributed by atoms with Crippen molar-refractivity contribution in [3.8, 4) is 11.5 Å². The van der Waals surface area contributed by atoms with Gasteiger partial charge >= 0.3 is 0 Å². The number of nitrogens with two attached hydrogens (primary N) is 2. The van der Waals surface area contributed by atoms with Crippen LogP contribution in [0.2, 0.25) is 0 Å². The number of hydrogen-bond acceptors (Lipinski definition) is 4. The van der Waals surface area contributed by atoms with E-state index >= 15 is 0 Å². The van der Waals surface area contributed by atoms with Crippen LogP contribution < -0.4 is 16.2 Å². The molecule has 0 amide bonds. The third-order valence-electron chi connectivity index (χ3n) is 7.50. The third-order valence-corrected chi connectivity index (χ3v) is 7.50. The van der Waals surface area contributed by atoms with Crippen LogP contribution in [0.15, 0.2) is 48.5 Å². The zero-order chi connectivity index (χ0) is 22.7. The van der Waals surface area contributed by atoms with Gasteiger partial charge in [-0.2, -0.15) is 0 Å². The highest BCUT2D eigenvalue weighted by molar-refractivity contribution is 5.72. The Hall–Kier alpha value is -2.98. The molecule has 0 bridgehead atoms. The van der Waals surface area contributed by atoms with Crippen molar-refractivity contribution in [1.82, 2.24) is 0 Å². The molecule has 4 N–H and O–H groups in total. The number of anilines is 2. The van der Waals surface area contributed by atoms with Gasteiger partial charge in [-0.05, 0) is 60.1 Å². The van der Waals surface area contributed by atoms with Crippen molar-refractivity contribution in [1.29, 1.82) is 0 Å². The van der Waals surface area contributed by atoms with Gasteiger partial charge in [-0.15, -0.1) is 0 Å². The first-order valence-electron chi connectivity index (χ1n) is 11.8. The molecule has 2 aliphatic rings. The minimum atomic E-state index is -0.762. The average Bonchev–Trinajstić information content (AvgIpc) is 3.09. The highest BCUT2D eigenvalue weighted by atomic mass is 16.5. The van der Waals surface area contributed by atoms with E-state index in [0.29, 0.717) is 5.69 Å². The van der Waals surface area contributed by atoms with Crippen LogP contribution in [-0.2, 0) is 28.8 Å². The summed E-state index contributed by atoms with van der Waals surface area (Å²) in [4.78, 5) is 0. The van der Waals surface area contributed by atoms with Crippen molar-refractivity contribution in [2.75, 3.05) is 11.5 Å². The minimum absolute atomic E-state index is 0.372. The van der Waals surface area contributed by atoms with Gasteiger partial charge < -0.3 is 20.9 Å². The summed E-state index contributed by atoms with van der Waals surface area (Å²) in [6, 6.07) is 16.6. The maximum atomic E-state index is 7.36. The summed E-state index contributed by atoms with van der Waals surface area (Å²) in [6.45, 7) is 8.78. The first kappa shape index (κ1) is 20.9. The van der Waals surface area contributed by atoms with Crippen LogP contribution in [-0.4, -0.2) is 0 Å². The first-order valence-corrected chi connectivity index (χ1v) is 11.8. The molecule has 2 aliphatic heterocycles. The fourth-order valence-electron chi connectivity index (χ4n) is 5.97. The first-order chi connectivity index (χ1) is 15.5. The van der Waals surface area contributed by atoms with Crippen molar-refractivity contribution in [2.45, 2.75) is 64.6 Å². The van der Waals surface area contributed by atoms with Crippen molar-refractivity contribution in [3.63, 3.8) is 0 Å². The van der Waals surface area contributed by atoms with Gasteiger partial charge in [0.2, 0.25) is 0 Å². The summed E-state index contributed by atoms with van der Waals surface area (Å²) < 4.78 is 13.8. The molecule has 1 unspecified atom stereocenters. The van der Waals surface area contributed by atoms with E-state index in [1.165, 1.54) is 22.3 Å². The predicted molar refractivity (Wildman–Crippen MR) is 130 cm³/mol. The maximum Gasteiger partial charge on any atom is 0.152 e. The van der Waals surface area contributed by atoms with Gasteiger partial charge in [0, 0.05) is 34.6 Å². The Labute approximate surface area is 190 Å². The Kier molecular flexibility index (Phi) is 4.75. The quantitative estimate of drug-likeness (QED) is 0.471. The Bertz CT molecular complexity index is 1210. The average molecular weight is 429 g/mol. The molecule has 2 heterocycles. The highest BCUT2D eigenvalue weighted by Crippen LogP contribution is 2.63. The number of ether oxygens (including phenoxy) is 2. The Balaban J connectivity index is 1.96. The molecule has 0 saturated carbocycles. The van der Waals surface area contributed by atoms with Gasteiger partial charge in [0.15, 0.2) is 5.60 Å². The molecule has 0 saturated heterocycles. The molecular formula is C28H32N2O2. The molecule has 0 radical (unpaired) electrons. The molecule has 0 aliphatic carbocycles. The number of hydrogen-bond donors (Lipinski definition) is 2. The third kappa shape index (κ3) is 2.53. The van der Waals surface area contributed by atoms with Gasteiger partial charge in [0.25, 0.3) is 0 Å². The molecular weight excluding hydrogens is 396 g/mol.